The van der Waals surface area contributed by atoms with Crippen LogP contribution in [0.2, 0.25) is 0 Å². The van der Waals surface area contributed by atoms with Gasteiger partial charge in [-0.3, -0.25) is 19.4 Å². The molecule has 3 N–H and O–H groups in total. The number of hydrogen-bond acceptors (Lipinski definition) is 6. The van der Waals surface area contributed by atoms with Crippen LogP contribution in [0.15, 0.2) is 41.3 Å². The van der Waals surface area contributed by atoms with Crippen molar-refractivity contribution in [2.45, 2.75) is 13.5 Å². The number of ketones is 1. The summed E-state index contributed by atoms with van der Waals surface area (Å²) in [5.41, 5.74) is 7.16. The van der Waals surface area contributed by atoms with Crippen molar-refractivity contribution in [3.05, 3.63) is 58.0 Å². The lowest BCUT2D eigenvalue weighted by molar-refractivity contribution is -0.107. The standard InChI is InChI=1S/C17H15N5O3/c1-10(24)12-4-2-11(3-5-12)8-22(9-23)13-6-14-15(19-7-13)20-17(18)21-16(14)25/h2-7,9H,8H2,1H3,(H3,18,19,20,21,25). The summed E-state index contributed by atoms with van der Waals surface area (Å²) in [4.78, 5) is 46.6. The Morgan fingerprint density at radius 3 is 2.68 bits per heavy atom. The number of amides is 1. The highest BCUT2D eigenvalue weighted by Crippen LogP contribution is 2.18. The zero-order valence-corrected chi connectivity index (χ0v) is 13.4. The maximum atomic E-state index is 12.0. The van der Waals surface area contributed by atoms with Crippen LogP contribution >= 0.6 is 0 Å². The number of nitrogens with one attached hydrogen (secondary N) is 1. The summed E-state index contributed by atoms with van der Waals surface area (Å²) in [5.74, 6) is -0.0425. The van der Waals surface area contributed by atoms with Gasteiger partial charge in [0.15, 0.2) is 11.4 Å². The normalized spacial score (nSPS) is 10.6. The Morgan fingerprint density at radius 1 is 1.32 bits per heavy atom. The van der Waals surface area contributed by atoms with Gasteiger partial charge in [0.05, 0.1) is 23.8 Å². The van der Waals surface area contributed by atoms with Gasteiger partial charge in [-0.2, -0.15) is 4.98 Å². The fraction of sp³-hybridized carbons (Fsp3) is 0.118. The number of benzene rings is 1. The molecule has 8 nitrogen and oxygen atoms in total. The van der Waals surface area contributed by atoms with E-state index >= 15 is 0 Å². The maximum absolute atomic E-state index is 12.0. The molecule has 0 unspecified atom stereocenters. The molecule has 0 saturated heterocycles. The predicted molar refractivity (Wildman–Crippen MR) is 93.3 cm³/mol. The largest absolute Gasteiger partial charge is 0.369 e. The number of aromatic nitrogens is 3. The van der Waals surface area contributed by atoms with Crippen LogP contribution in [0, 0.1) is 0 Å². The highest BCUT2D eigenvalue weighted by molar-refractivity contribution is 5.94. The molecule has 0 saturated carbocycles. The number of nitrogen functional groups attached to an aromatic ring is 1. The summed E-state index contributed by atoms with van der Waals surface area (Å²) in [6.07, 6.45) is 2.10. The molecule has 1 aromatic carbocycles. The van der Waals surface area contributed by atoms with E-state index in [9.17, 15) is 14.4 Å². The molecule has 1 amide bonds. The van der Waals surface area contributed by atoms with Crippen LogP contribution in [-0.2, 0) is 11.3 Å². The van der Waals surface area contributed by atoms with E-state index in [0.717, 1.165) is 5.56 Å². The molecule has 0 bridgehead atoms. The van der Waals surface area contributed by atoms with Crippen LogP contribution in [-0.4, -0.2) is 27.1 Å². The van der Waals surface area contributed by atoms with Gasteiger partial charge >= 0.3 is 0 Å². The third-order valence-corrected chi connectivity index (χ3v) is 3.74. The minimum absolute atomic E-state index is 0.0180. The number of anilines is 2. The number of pyridine rings is 1. The second-order valence-corrected chi connectivity index (χ2v) is 5.50. The van der Waals surface area contributed by atoms with Gasteiger partial charge < -0.3 is 10.6 Å². The second-order valence-electron chi connectivity index (χ2n) is 5.50. The minimum Gasteiger partial charge on any atom is -0.369 e. The van der Waals surface area contributed by atoms with Crippen molar-refractivity contribution < 1.29 is 9.59 Å². The number of rotatable bonds is 5. The Kier molecular flexibility index (Phi) is 4.25. The van der Waals surface area contributed by atoms with Gasteiger partial charge in [0.1, 0.15) is 0 Å². The van der Waals surface area contributed by atoms with Crippen molar-refractivity contribution in [2.75, 3.05) is 10.6 Å². The molecule has 3 rings (SSSR count). The number of Topliss-reactive ketones (excluding diaryl/α,β-unsaturated/α-hetero) is 1. The lowest BCUT2D eigenvalue weighted by Crippen LogP contribution is -2.21. The molecule has 2 aromatic heterocycles. The molecule has 0 fully saturated rings. The summed E-state index contributed by atoms with van der Waals surface area (Å²) in [5, 5.41) is 0.241. The molecule has 126 valence electrons. The van der Waals surface area contributed by atoms with E-state index in [2.05, 4.69) is 15.0 Å². The van der Waals surface area contributed by atoms with E-state index < -0.39 is 5.56 Å². The van der Waals surface area contributed by atoms with Crippen molar-refractivity contribution in [2.24, 2.45) is 0 Å². The van der Waals surface area contributed by atoms with Crippen LogP contribution in [0.3, 0.4) is 0 Å². The highest BCUT2D eigenvalue weighted by atomic mass is 16.1. The average molecular weight is 337 g/mol. The van der Waals surface area contributed by atoms with Crippen molar-refractivity contribution in [3.63, 3.8) is 0 Å². The summed E-state index contributed by atoms with van der Waals surface area (Å²) in [6.45, 7) is 1.76. The fourth-order valence-electron chi connectivity index (χ4n) is 2.42. The summed E-state index contributed by atoms with van der Waals surface area (Å²) < 4.78 is 0. The Balaban J connectivity index is 1.92. The van der Waals surface area contributed by atoms with Gasteiger partial charge in [-0.25, -0.2) is 4.98 Å². The Bertz CT molecular complexity index is 1010. The van der Waals surface area contributed by atoms with Crippen molar-refractivity contribution in [1.82, 2.24) is 15.0 Å². The summed E-state index contributed by atoms with van der Waals surface area (Å²) in [6, 6.07) is 8.49. The van der Waals surface area contributed by atoms with E-state index in [1.807, 2.05) is 0 Å². The van der Waals surface area contributed by atoms with Gasteiger partial charge in [0, 0.05) is 5.56 Å². The molecule has 0 radical (unpaired) electrons. The molecule has 25 heavy (non-hydrogen) atoms. The summed E-state index contributed by atoms with van der Waals surface area (Å²) in [7, 11) is 0. The van der Waals surface area contributed by atoms with E-state index in [1.54, 1.807) is 24.3 Å². The Morgan fingerprint density at radius 2 is 2.04 bits per heavy atom. The summed E-state index contributed by atoms with van der Waals surface area (Å²) >= 11 is 0. The molecule has 0 aliphatic heterocycles. The predicted octanol–water partition coefficient (Wildman–Crippen LogP) is 1.27. The van der Waals surface area contributed by atoms with Crippen LogP contribution < -0.4 is 16.2 Å². The first-order valence-electron chi connectivity index (χ1n) is 7.45. The van der Waals surface area contributed by atoms with E-state index in [-0.39, 0.29) is 29.3 Å². The van der Waals surface area contributed by atoms with Crippen LogP contribution in [0.4, 0.5) is 11.6 Å². The monoisotopic (exact) mass is 337 g/mol. The molecule has 0 atom stereocenters. The van der Waals surface area contributed by atoms with Crippen molar-refractivity contribution in [3.8, 4) is 0 Å². The second kappa shape index (κ2) is 6.52. The van der Waals surface area contributed by atoms with Crippen LogP contribution in [0.5, 0.6) is 0 Å². The molecule has 3 aromatic rings. The zero-order chi connectivity index (χ0) is 18.0. The van der Waals surface area contributed by atoms with E-state index in [1.165, 1.54) is 24.1 Å². The quantitative estimate of drug-likeness (QED) is 0.534. The number of H-pyrrole nitrogens is 1. The first-order valence-corrected chi connectivity index (χ1v) is 7.45. The average Bonchev–Trinajstić information content (AvgIpc) is 2.60. The molecule has 0 aliphatic carbocycles. The molecule has 8 heteroatoms. The molecule has 0 aliphatic rings. The zero-order valence-electron chi connectivity index (χ0n) is 13.4. The first-order chi connectivity index (χ1) is 12.0. The van der Waals surface area contributed by atoms with E-state index in [4.69, 9.17) is 5.73 Å². The molecule has 0 spiro atoms. The number of fused-ring (bicyclic) bond motifs is 1. The SMILES string of the molecule is CC(=O)c1ccc(CN(C=O)c2cnc3nc(N)[nH]c(=O)c3c2)cc1. The smallest absolute Gasteiger partial charge is 0.261 e. The van der Waals surface area contributed by atoms with Crippen molar-refractivity contribution in [1.29, 1.82) is 0 Å². The third-order valence-electron chi connectivity index (χ3n) is 3.74. The lowest BCUT2D eigenvalue weighted by atomic mass is 10.1. The number of nitrogens with zero attached hydrogens (tertiary/aromatic N) is 3. The van der Waals surface area contributed by atoms with Gasteiger partial charge in [0.2, 0.25) is 12.4 Å². The van der Waals surface area contributed by atoms with Gasteiger partial charge in [-0.1, -0.05) is 24.3 Å². The number of nitrogens with two attached hydrogens (primary N) is 1. The number of carbonyl (C=O) groups excluding carboxylic acids is 2. The van der Waals surface area contributed by atoms with E-state index in [0.29, 0.717) is 17.7 Å². The third kappa shape index (κ3) is 3.37. The van der Waals surface area contributed by atoms with Gasteiger partial charge in [-0.05, 0) is 18.6 Å². The Hall–Kier alpha value is -3.55. The number of aromatic amines is 1. The first kappa shape index (κ1) is 16.3. The molecular weight excluding hydrogens is 322 g/mol. The van der Waals surface area contributed by atoms with Crippen molar-refractivity contribution >= 4 is 34.9 Å². The van der Waals surface area contributed by atoms with Gasteiger partial charge in [-0.15, -0.1) is 0 Å². The highest BCUT2D eigenvalue weighted by Gasteiger charge is 2.11. The topological polar surface area (TPSA) is 122 Å². The molecular formula is C17H15N5O3. The fourth-order valence-corrected chi connectivity index (χ4v) is 2.42. The molecule has 2 heterocycles. The lowest BCUT2D eigenvalue weighted by Gasteiger charge is -2.17. The number of hydrogen-bond donors (Lipinski definition) is 2. The van der Waals surface area contributed by atoms with Crippen LogP contribution in [0.1, 0.15) is 22.8 Å². The Labute approximate surface area is 142 Å². The minimum atomic E-state index is -0.423. The van der Waals surface area contributed by atoms with Crippen LogP contribution in [0.25, 0.3) is 11.0 Å². The van der Waals surface area contributed by atoms with Gasteiger partial charge in [0.25, 0.3) is 5.56 Å². The number of carbonyl (C=O) groups is 2. The maximum Gasteiger partial charge on any atom is 0.261 e.